The topological polar surface area (TPSA) is 38.3 Å². The van der Waals surface area contributed by atoms with Crippen molar-refractivity contribution in [2.24, 2.45) is 0 Å². The first-order valence-electron chi connectivity index (χ1n) is 6.09. The van der Waals surface area contributed by atoms with E-state index in [0.29, 0.717) is 23.5 Å². The number of ether oxygens (including phenoxy) is 1. The SMILES string of the molecule is CCOC(=O)c1ccc(Nc2ccc(F)c(F)c2)cc1. The number of carbonyl (C=O) groups excluding carboxylic acids is 1. The van der Waals surface area contributed by atoms with Gasteiger partial charge in [0.1, 0.15) is 0 Å². The molecule has 0 saturated heterocycles. The quantitative estimate of drug-likeness (QED) is 0.862. The zero-order chi connectivity index (χ0) is 14.5. The van der Waals surface area contributed by atoms with E-state index < -0.39 is 17.6 Å². The summed E-state index contributed by atoms with van der Waals surface area (Å²) in [6.07, 6.45) is 0. The van der Waals surface area contributed by atoms with E-state index in [9.17, 15) is 13.6 Å². The average molecular weight is 277 g/mol. The molecule has 0 radical (unpaired) electrons. The zero-order valence-electron chi connectivity index (χ0n) is 10.8. The van der Waals surface area contributed by atoms with Gasteiger partial charge in [-0.2, -0.15) is 0 Å². The Bertz CT molecular complexity index is 612. The van der Waals surface area contributed by atoms with Gasteiger partial charge in [0.15, 0.2) is 11.6 Å². The summed E-state index contributed by atoms with van der Waals surface area (Å²) < 4.78 is 30.7. The molecule has 0 amide bonds. The van der Waals surface area contributed by atoms with Gasteiger partial charge in [-0.1, -0.05) is 0 Å². The van der Waals surface area contributed by atoms with Crippen LogP contribution in [-0.2, 0) is 4.74 Å². The van der Waals surface area contributed by atoms with Gasteiger partial charge < -0.3 is 10.1 Å². The highest BCUT2D eigenvalue weighted by molar-refractivity contribution is 5.89. The summed E-state index contributed by atoms with van der Waals surface area (Å²) in [6.45, 7) is 2.05. The van der Waals surface area contributed by atoms with Crippen LogP contribution in [0.5, 0.6) is 0 Å². The number of nitrogens with one attached hydrogen (secondary N) is 1. The van der Waals surface area contributed by atoms with Crippen LogP contribution in [0.1, 0.15) is 17.3 Å². The number of hydrogen-bond acceptors (Lipinski definition) is 3. The Balaban J connectivity index is 2.10. The summed E-state index contributed by atoms with van der Waals surface area (Å²) in [5.41, 5.74) is 1.51. The minimum Gasteiger partial charge on any atom is -0.462 e. The van der Waals surface area contributed by atoms with Crippen LogP contribution in [-0.4, -0.2) is 12.6 Å². The predicted molar refractivity (Wildman–Crippen MR) is 72.0 cm³/mol. The zero-order valence-corrected chi connectivity index (χ0v) is 10.8. The van der Waals surface area contributed by atoms with Crippen molar-refractivity contribution in [2.45, 2.75) is 6.92 Å². The molecule has 0 aliphatic heterocycles. The van der Waals surface area contributed by atoms with E-state index in [1.807, 2.05) is 0 Å². The van der Waals surface area contributed by atoms with Crippen LogP contribution in [0.15, 0.2) is 42.5 Å². The molecule has 20 heavy (non-hydrogen) atoms. The monoisotopic (exact) mass is 277 g/mol. The highest BCUT2D eigenvalue weighted by Gasteiger charge is 2.06. The lowest BCUT2D eigenvalue weighted by Gasteiger charge is -2.07. The maximum absolute atomic E-state index is 13.1. The summed E-state index contributed by atoms with van der Waals surface area (Å²) in [4.78, 5) is 11.5. The van der Waals surface area contributed by atoms with Crippen LogP contribution in [0.4, 0.5) is 20.2 Å². The number of anilines is 2. The number of rotatable bonds is 4. The molecule has 3 nitrogen and oxygen atoms in total. The van der Waals surface area contributed by atoms with Gasteiger partial charge in [-0.3, -0.25) is 0 Å². The molecule has 0 spiro atoms. The number of benzene rings is 2. The van der Waals surface area contributed by atoms with Crippen LogP contribution in [0.3, 0.4) is 0 Å². The Kier molecular flexibility index (Phi) is 4.30. The third-order valence-corrected chi connectivity index (χ3v) is 2.60. The van der Waals surface area contributed by atoms with Gasteiger partial charge >= 0.3 is 5.97 Å². The molecule has 1 N–H and O–H groups in total. The molecule has 2 aromatic rings. The maximum atomic E-state index is 13.1. The van der Waals surface area contributed by atoms with Crippen molar-refractivity contribution >= 4 is 17.3 Å². The molecule has 0 saturated carbocycles. The molecular formula is C15H13F2NO2. The lowest BCUT2D eigenvalue weighted by atomic mass is 10.2. The molecule has 0 unspecified atom stereocenters. The molecule has 0 atom stereocenters. The standard InChI is InChI=1S/C15H13F2NO2/c1-2-20-15(19)10-3-5-11(6-4-10)18-12-7-8-13(16)14(17)9-12/h3-9,18H,2H2,1H3. The van der Waals surface area contributed by atoms with E-state index in [1.165, 1.54) is 6.07 Å². The van der Waals surface area contributed by atoms with E-state index in [2.05, 4.69) is 5.32 Å². The number of carbonyl (C=O) groups is 1. The van der Waals surface area contributed by atoms with Gasteiger partial charge in [0.25, 0.3) is 0 Å². The van der Waals surface area contributed by atoms with Crippen LogP contribution in [0.2, 0.25) is 0 Å². The second-order valence-corrected chi connectivity index (χ2v) is 4.05. The van der Waals surface area contributed by atoms with Gasteiger partial charge in [-0.05, 0) is 43.3 Å². The van der Waals surface area contributed by atoms with E-state index in [4.69, 9.17) is 4.74 Å². The van der Waals surface area contributed by atoms with Crippen molar-refractivity contribution in [3.05, 3.63) is 59.7 Å². The van der Waals surface area contributed by atoms with Crippen molar-refractivity contribution in [1.82, 2.24) is 0 Å². The van der Waals surface area contributed by atoms with Crippen molar-refractivity contribution in [3.8, 4) is 0 Å². The third kappa shape index (κ3) is 3.32. The average Bonchev–Trinajstić information content (AvgIpc) is 2.44. The lowest BCUT2D eigenvalue weighted by molar-refractivity contribution is 0.0526. The molecule has 2 rings (SSSR count). The van der Waals surface area contributed by atoms with Crippen LogP contribution >= 0.6 is 0 Å². The van der Waals surface area contributed by atoms with Crippen molar-refractivity contribution in [2.75, 3.05) is 11.9 Å². The van der Waals surface area contributed by atoms with E-state index in [0.717, 1.165) is 12.1 Å². The summed E-state index contributed by atoms with van der Waals surface area (Å²) in [6, 6.07) is 10.1. The Morgan fingerprint density at radius 2 is 1.70 bits per heavy atom. The molecule has 5 heteroatoms. The molecule has 0 aromatic heterocycles. The first-order chi connectivity index (χ1) is 9.60. The molecule has 0 heterocycles. The van der Waals surface area contributed by atoms with Crippen LogP contribution in [0.25, 0.3) is 0 Å². The first kappa shape index (κ1) is 14.0. The fourth-order valence-electron chi connectivity index (χ4n) is 1.64. The van der Waals surface area contributed by atoms with Crippen molar-refractivity contribution in [3.63, 3.8) is 0 Å². The minimum absolute atomic E-state index is 0.313. The second kappa shape index (κ2) is 6.14. The van der Waals surface area contributed by atoms with Crippen molar-refractivity contribution in [1.29, 1.82) is 0 Å². The Hall–Kier alpha value is -2.43. The molecule has 0 fully saturated rings. The summed E-state index contributed by atoms with van der Waals surface area (Å²) in [5.74, 6) is -2.21. The summed E-state index contributed by atoms with van der Waals surface area (Å²) in [7, 11) is 0. The number of esters is 1. The second-order valence-electron chi connectivity index (χ2n) is 4.05. The van der Waals surface area contributed by atoms with Gasteiger partial charge in [0, 0.05) is 17.4 Å². The fourth-order valence-corrected chi connectivity index (χ4v) is 1.64. The molecule has 0 aliphatic rings. The largest absolute Gasteiger partial charge is 0.462 e. The Morgan fingerprint density at radius 3 is 2.30 bits per heavy atom. The Morgan fingerprint density at radius 1 is 1.05 bits per heavy atom. The number of halogens is 2. The van der Waals surface area contributed by atoms with E-state index in [-0.39, 0.29) is 0 Å². The smallest absolute Gasteiger partial charge is 0.338 e. The highest BCUT2D eigenvalue weighted by atomic mass is 19.2. The molecule has 0 bridgehead atoms. The highest BCUT2D eigenvalue weighted by Crippen LogP contribution is 2.19. The first-order valence-corrected chi connectivity index (χ1v) is 6.09. The molecule has 2 aromatic carbocycles. The van der Waals surface area contributed by atoms with Crippen molar-refractivity contribution < 1.29 is 18.3 Å². The van der Waals surface area contributed by atoms with Gasteiger partial charge in [-0.25, -0.2) is 13.6 Å². The van der Waals surface area contributed by atoms with Crippen LogP contribution in [0, 0.1) is 11.6 Å². The van der Waals surface area contributed by atoms with E-state index in [1.54, 1.807) is 31.2 Å². The summed E-state index contributed by atoms with van der Waals surface area (Å²) in [5, 5.41) is 2.91. The maximum Gasteiger partial charge on any atom is 0.338 e. The minimum atomic E-state index is -0.918. The van der Waals surface area contributed by atoms with Gasteiger partial charge in [0.2, 0.25) is 0 Å². The fraction of sp³-hybridized carbons (Fsp3) is 0.133. The Labute approximate surface area is 115 Å². The predicted octanol–water partition coefficient (Wildman–Crippen LogP) is 3.89. The van der Waals surface area contributed by atoms with Gasteiger partial charge in [-0.15, -0.1) is 0 Å². The molecule has 0 aliphatic carbocycles. The third-order valence-electron chi connectivity index (χ3n) is 2.60. The number of hydrogen-bond donors (Lipinski definition) is 1. The van der Waals surface area contributed by atoms with Crippen LogP contribution < -0.4 is 5.32 Å². The van der Waals surface area contributed by atoms with Gasteiger partial charge in [0.05, 0.1) is 12.2 Å². The lowest BCUT2D eigenvalue weighted by Crippen LogP contribution is -2.04. The normalized spacial score (nSPS) is 10.2. The molecular weight excluding hydrogens is 264 g/mol. The van der Waals surface area contributed by atoms with E-state index >= 15 is 0 Å². The summed E-state index contributed by atoms with van der Waals surface area (Å²) >= 11 is 0. The molecule has 104 valence electrons.